The number of fused-ring (bicyclic) bond motifs is 12. The molecule has 0 spiro atoms. The lowest BCUT2D eigenvalue weighted by atomic mass is 9.92. The molecule has 0 amide bonds. The summed E-state index contributed by atoms with van der Waals surface area (Å²) in [7, 11) is 0. The maximum atomic E-state index is 2.50. The average molecular weight is 726 g/mol. The van der Waals surface area contributed by atoms with Crippen LogP contribution in [0.5, 0.6) is 0 Å². The van der Waals surface area contributed by atoms with Crippen LogP contribution in [-0.2, 0) is 0 Å². The van der Waals surface area contributed by atoms with Gasteiger partial charge in [-0.25, -0.2) is 0 Å². The van der Waals surface area contributed by atoms with Crippen LogP contribution in [0.15, 0.2) is 206 Å². The van der Waals surface area contributed by atoms with Crippen molar-refractivity contribution in [1.29, 1.82) is 0 Å². The highest BCUT2D eigenvalue weighted by Crippen LogP contribution is 2.44. The van der Waals surface area contributed by atoms with E-state index in [1.54, 1.807) is 0 Å². The van der Waals surface area contributed by atoms with Crippen LogP contribution in [0.25, 0.3) is 92.6 Å². The largest absolute Gasteiger partial charge is 0.309 e. The Kier molecular flexibility index (Phi) is 7.10. The van der Waals surface area contributed by atoms with Crippen molar-refractivity contribution in [3.05, 3.63) is 223 Å². The van der Waals surface area contributed by atoms with Crippen LogP contribution in [0.1, 0.15) is 22.7 Å². The third-order valence-electron chi connectivity index (χ3n) is 12.3. The number of para-hydroxylation sites is 1. The van der Waals surface area contributed by atoms with Gasteiger partial charge in [-0.15, -0.1) is 0 Å². The molecule has 12 rings (SSSR count). The van der Waals surface area contributed by atoms with Gasteiger partial charge >= 0.3 is 0 Å². The maximum absolute atomic E-state index is 2.50. The summed E-state index contributed by atoms with van der Waals surface area (Å²) in [6.07, 6.45) is 4.81. The standard InChI is InChI=1S/C55H36N2/c1-3-14-39-31-41(23-21-35(39)11-1)43-33-50(56-51(34-43)42-24-22-36-12-2-4-15-40(36)32-42)38-25-28-44(29-26-38)57-52-20-10-9-19-49(52)54-53-45-16-6-5-13-37(45)27-30-47(53)46-17-7-8-18-48(46)55(54)57/h1-34,50,56H/p+1. The molecule has 0 saturated heterocycles. The zero-order chi connectivity index (χ0) is 37.5. The predicted octanol–water partition coefficient (Wildman–Crippen LogP) is 13.3. The van der Waals surface area contributed by atoms with E-state index >= 15 is 0 Å². The zero-order valence-electron chi connectivity index (χ0n) is 31.2. The fraction of sp³-hybridized carbons (Fsp3) is 0.0182. The van der Waals surface area contributed by atoms with E-state index in [9.17, 15) is 0 Å². The van der Waals surface area contributed by atoms with Crippen molar-refractivity contribution in [3.63, 3.8) is 0 Å². The third kappa shape index (κ3) is 5.08. The van der Waals surface area contributed by atoms with Gasteiger partial charge in [0.15, 0.2) is 0 Å². The Balaban J connectivity index is 1.03. The molecule has 1 aliphatic rings. The first-order valence-corrected chi connectivity index (χ1v) is 19.9. The molecular formula is C55H37N2+. The van der Waals surface area contributed by atoms with E-state index in [1.165, 1.54) is 104 Å². The second kappa shape index (κ2) is 12.6. The van der Waals surface area contributed by atoms with Crippen molar-refractivity contribution in [2.24, 2.45) is 0 Å². The molecule has 0 radical (unpaired) electrons. The summed E-state index contributed by atoms with van der Waals surface area (Å²) in [6, 6.07) is 71.7. The first kappa shape index (κ1) is 32.0. The summed E-state index contributed by atoms with van der Waals surface area (Å²) in [5.41, 5.74) is 9.86. The molecule has 2 nitrogen and oxygen atoms in total. The van der Waals surface area contributed by atoms with Crippen molar-refractivity contribution in [3.8, 4) is 5.69 Å². The van der Waals surface area contributed by atoms with E-state index in [-0.39, 0.29) is 6.04 Å². The van der Waals surface area contributed by atoms with Crippen molar-refractivity contribution in [1.82, 2.24) is 4.57 Å². The quantitative estimate of drug-likeness (QED) is 0.175. The SMILES string of the molecule is C1=C(c2ccc3ccccc3c2)C=C(c2ccc3ccccc3c2)[NH2+]C1c1ccc(-n2c3ccccc3c3c4c5ccccc5ccc4c4ccccc4c32)cc1. The number of quaternary nitrogens is 1. The second-order valence-corrected chi connectivity index (χ2v) is 15.5. The van der Waals surface area contributed by atoms with E-state index in [1.807, 2.05) is 0 Å². The Labute approximate surface area is 330 Å². The summed E-state index contributed by atoms with van der Waals surface area (Å²) >= 11 is 0. The first-order chi connectivity index (χ1) is 28.2. The van der Waals surface area contributed by atoms with E-state index in [4.69, 9.17) is 0 Å². The molecule has 0 bridgehead atoms. The molecule has 11 aromatic rings. The van der Waals surface area contributed by atoms with Gasteiger partial charge in [0.25, 0.3) is 0 Å². The van der Waals surface area contributed by atoms with Crippen LogP contribution < -0.4 is 5.32 Å². The molecule has 266 valence electrons. The van der Waals surface area contributed by atoms with Crippen LogP contribution in [0.4, 0.5) is 0 Å². The normalized spacial score (nSPS) is 14.6. The molecule has 1 unspecified atom stereocenters. The van der Waals surface area contributed by atoms with Gasteiger partial charge in [0.2, 0.25) is 0 Å². The number of nitrogens with two attached hydrogens (primary N) is 1. The number of rotatable bonds is 4. The first-order valence-electron chi connectivity index (χ1n) is 19.9. The molecule has 0 fully saturated rings. The third-order valence-corrected chi connectivity index (χ3v) is 12.3. The van der Waals surface area contributed by atoms with Crippen LogP contribution in [-0.4, -0.2) is 4.57 Å². The Morgan fingerprint density at radius 2 is 0.982 bits per heavy atom. The zero-order valence-corrected chi connectivity index (χ0v) is 31.2. The molecule has 1 aliphatic heterocycles. The van der Waals surface area contributed by atoms with Crippen LogP contribution in [0.2, 0.25) is 0 Å². The smallest absolute Gasteiger partial charge is 0.138 e. The minimum absolute atomic E-state index is 0.0984. The number of hydrogen-bond donors (Lipinski definition) is 1. The fourth-order valence-corrected chi connectivity index (χ4v) is 9.54. The minimum atomic E-state index is 0.0984. The monoisotopic (exact) mass is 725 g/mol. The fourth-order valence-electron chi connectivity index (χ4n) is 9.54. The van der Waals surface area contributed by atoms with Crippen molar-refractivity contribution in [2.75, 3.05) is 0 Å². The number of benzene rings is 10. The van der Waals surface area contributed by atoms with E-state index in [2.05, 4.69) is 216 Å². The van der Waals surface area contributed by atoms with Crippen molar-refractivity contribution >= 4 is 86.9 Å². The molecule has 10 aromatic carbocycles. The molecule has 0 aliphatic carbocycles. The predicted molar refractivity (Wildman–Crippen MR) is 242 cm³/mol. The van der Waals surface area contributed by atoms with Gasteiger partial charge in [-0.3, -0.25) is 0 Å². The molecule has 2 heterocycles. The lowest BCUT2D eigenvalue weighted by Gasteiger charge is -2.22. The molecule has 1 aromatic heterocycles. The lowest BCUT2D eigenvalue weighted by molar-refractivity contribution is -0.598. The van der Waals surface area contributed by atoms with Crippen LogP contribution in [0, 0.1) is 0 Å². The summed E-state index contributed by atoms with van der Waals surface area (Å²) in [5.74, 6) is 0. The van der Waals surface area contributed by atoms with Crippen LogP contribution in [0.3, 0.4) is 0 Å². The van der Waals surface area contributed by atoms with E-state index < -0.39 is 0 Å². The summed E-state index contributed by atoms with van der Waals surface area (Å²) in [6.45, 7) is 0. The molecule has 0 saturated carbocycles. The second-order valence-electron chi connectivity index (χ2n) is 15.5. The summed E-state index contributed by atoms with van der Waals surface area (Å²) < 4.78 is 2.50. The number of nitrogens with zero attached hydrogens (tertiary/aromatic N) is 1. The van der Waals surface area contributed by atoms with Gasteiger partial charge in [0, 0.05) is 44.4 Å². The van der Waals surface area contributed by atoms with Gasteiger partial charge < -0.3 is 9.88 Å². The number of aromatic nitrogens is 1. The van der Waals surface area contributed by atoms with Gasteiger partial charge in [-0.2, -0.15) is 0 Å². The van der Waals surface area contributed by atoms with Crippen molar-refractivity contribution in [2.45, 2.75) is 6.04 Å². The van der Waals surface area contributed by atoms with Gasteiger partial charge in [0.05, 0.1) is 11.0 Å². The molecular weight excluding hydrogens is 689 g/mol. The topological polar surface area (TPSA) is 21.5 Å². The Morgan fingerprint density at radius 3 is 1.74 bits per heavy atom. The molecule has 2 heteroatoms. The minimum Gasteiger partial charge on any atom is -0.309 e. The Bertz CT molecular complexity index is 3490. The summed E-state index contributed by atoms with van der Waals surface area (Å²) in [4.78, 5) is 0. The lowest BCUT2D eigenvalue weighted by Crippen LogP contribution is -2.82. The molecule has 1 atom stereocenters. The maximum Gasteiger partial charge on any atom is 0.138 e. The highest BCUT2D eigenvalue weighted by atomic mass is 15.0. The average Bonchev–Trinajstić information content (AvgIpc) is 3.64. The van der Waals surface area contributed by atoms with E-state index in [0.717, 1.165) is 5.69 Å². The number of allylic oxidation sites excluding steroid dienone is 2. The summed E-state index contributed by atoms with van der Waals surface area (Å²) in [5, 5.41) is 17.8. The Morgan fingerprint density at radius 1 is 0.404 bits per heavy atom. The Hall–Kier alpha value is -7.26. The molecule has 57 heavy (non-hydrogen) atoms. The van der Waals surface area contributed by atoms with Gasteiger partial charge in [0.1, 0.15) is 11.7 Å². The van der Waals surface area contributed by atoms with Gasteiger partial charge in [-0.05, 0) is 96.7 Å². The van der Waals surface area contributed by atoms with Gasteiger partial charge in [-0.1, -0.05) is 158 Å². The molecule has 2 N–H and O–H groups in total. The highest BCUT2D eigenvalue weighted by Gasteiger charge is 2.25. The van der Waals surface area contributed by atoms with Crippen molar-refractivity contribution < 1.29 is 5.32 Å². The van der Waals surface area contributed by atoms with E-state index in [0.29, 0.717) is 0 Å². The highest BCUT2D eigenvalue weighted by molar-refractivity contribution is 6.36. The number of hydrogen-bond acceptors (Lipinski definition) is 0. The van der Waals surface area contributed by atoms with Crippen LogP contribution >= 0.6 is 0 Å².